The van der Waals surface area contributed by atoms with Gasteiger partial charge in [-0.1, -0.05) is 85.3 Å². The van der Waals surface area contributed by atoms with Gasteiger partial charge in [0.25, 0.3) is 0 Å². The molecule has 1 heterocycles. The molecule has 2 amide bonds. The van der Waals surface area contributed by atoms with Crippen molar-refractivity contribution < 1.29 is 24.2 Å². The van der Waals surface area contributed by atoms with Gasteiger partial charge in [0, 0.05) is 44.5 Å². The number of benzene rings is 4. The van der Waals surface area contributed by atoms with E-state index in [9.17, 15) is 14.7 Å². The molecule has 5 N–H and O–H groups in total. The zero-order valence-corrected chi connectivity index (χ0v) is 29.4. The Kier molecular flexibility index (Phi) is 13.9. The van der Waals surface area contributed by atoms with E-state index in [0.717, 1.165) is 52.9 Å². The van der Waals surface area contributed by atoms with Crippen molar-refractivity contribution in [3.63, 3.8) is 0 Å². The number of ether oxygens (including phenoxy) is 2. The van der Waals surface area contributed by atoms with Gasteiger partial charge in [0.2, 0.25) is 11.8 Å². The number of hydrogen-bond donors (Lipinski definition) is 4. The molecule has 5 rings (SSSR count). The third-order valence-electron chi connectivity index (χ3n) is 9.02. The molecule has 1 aliphatic rings. The molecule has 1 aliphatic heterocycles. The molecule has 1 fully saturated rings. The number of nitrogens with zero attached hydrogens (tertiary/aromatic N) is 1. The maximum absolute atomic E-state index is 12.6. The molecule has 4 aromatic carbocycles. The number of carbonyl (C=O) groups is 2. The molecule has 9 nitrogen and oxygen atoms in total. The normalized spacial score (nSPS) is 17.2. The molecule has 0 aromatic heterocycles. The molecule has 268 valence electrons. The molecule has 0 spiro atoms. The van der Waals surface area contributed by atoms with Gasteiger partial charge >= 0.3 is 0 Å². The molecule has 0 unspecified atom stereocenters. The highest BCUT2D eigenvalue weighted by Gasteiger charge is 2.32. The van der Waals surface area contributed by atoms with Crippen LogP contribution in [0, 0.1) is 0 Å². The number of nitrogen functional groups attached to an aromatic ring is 1. The second-order valence-corrected chi connectivity index (χ2v) is 13.2. The van der Waals surface area contributed by atoms with E-state index in [4.69, 9.17) is 15.2 Å². The molecular formula is C42H50N4O5. The zero-order valence-electron chi connectivity index (χ0n) is 29.4. The van der Waals surface area contributed by atoms with E-state index >= 15 is 0 Å². The number of para-hydroxylation sites is 2. The van der Waals surface area contributed by atoms with Crippen LogP contribution in [0.5, 0.6) is 0 Å². The maximum atomic E-state index is 12.6. The SMILES string of the molecule is C=CCN(C)C[C@H]1C[C@@H](c2ccc(CO)cc2)O[C@@H](c2cccc(-c3cccc(CNC(=O)CCCCCC(=O)Nc4ccccc4N)c3)c2)O1. The number of amides is 2. The first kappa shape index (κ1) is 37.5. The molecule has 0 saturated carbocycles. The second-order valence-electron chi connectivity index (χ2n) is 13.2. The molecule has 4 aromatic rings. The van der Waals surface area contributed by atoms with E-state index in [1.54, 1.807) is 12.1 Å². The fourth-order valence-electron chi connectivity index (χ4n) is 6.26. The van der Waals surface area contributed by atoms with Crippen molar-refractivity contribution in [2.75, 3.05) is 31.2 Å². The Hall–Kier alpha value is -4.80. The first-order valence-electron chi connectivity index (χ1n) is 17.7. The Bertz CT molecular complexity index is 1740. The molecule has 1 saturated heterocycles. The van der Waals surface area contributed by atoms with Crippen LogP contribution in [0.3, 0.4) is 0 Å². The van der Waals surface area contributed by atoms with Crippen LogP contribution in [0.25, 0.3) is 11.1 Å². The highest BCUT2D eigenvalue weighted by Crippen LogP contribution is 2.39. The van der Waals surface area contributed by atoms with Gasteiger partial charge in [-0.05, 0) is 72.0 Å². The minimum Gasteiger partial charge on any atom is -0.397 e. The third-order valence-corrected chi connectivity index (χ3v) is 9.02. The topological polar surface area (TPSA) is 126 Å². The average Bonchev–Trinajstić information content (AvgIpc) is 3.15. The second kappa shape index (κ2) is 19.0. The van der Waals surface area contributed by atoms with E-state index in [1.807, 2.05) is 66.7 Å². The number of aliphatic hydroxyl groups excluding tert-OH is 1. The van der Waals surface area contributed by atoms with E-state index in [0.29, 0.717) is 50.0 Å². The van der Waals surface area contributed by atoms with Crippen LogP contribution < -0.4 is 16.4 Å². The molecule has 0 bridgehead atoms. The lowest BCUT2D eigenvalue weighted by atomic mass is 9.98. The van der Waals surface area contributed by atoms with Crippen molar-refractivity contribution in [1.29, 1.82) is 0 Å². The highest BCUT2D eigenvalue weighted by molar-refractivity contribution is 5.93. The lowest BCUT2D eigenvalue weighted by Gasteiger charge is -2.37. The van der Waals surface area contributed by atoms with Gasteiger partial charge < -0.3 is 35.8 Å². The van der Waals surface area contributed by atoms with Crippen molar-refractivity contribution >= 4 is 23.2 Å². The number of nitrogens with one attached hydrogen (secondary N) is 2. The lowest BCUT2D eigenvalue weighted by Crippen LogP contribution is -2.37. The fourth-order valence-corrected chi connectivity index (χ4v) is 6.26. The summed E-state index contributed by atoms with van der Waals surface area (Å²) in [4.78, 5) is 27.0. The summed E-state index contributed by atoms with van der Waals surface area (Å²) in [6, 6.07) is 31.5. The van der Waals surface area contributed by atoms with Crippen molar-refractivity contribution in [3.05, 3.63) is 132 Å². The van der Waals surface area contributed by atoms with Crippen LogP contribution in [-0.2, 0) is 32.2 Å². The summed E-state index contributed by atoms with van der Waals surface area (Å²) in [5.74, 6) is -0.0865. The summed E-state index contributed by atoms with van der Waals surface area (Å²) in [6.45, 7) is 5.81. The van der Waals surface area contributed by atoms with Crippen LogP contribution in [0.15, 0.2) is 110 Å². The number of likely N-dealkylation sites (N-methyl/N-ethyl adjacent to an activating group) is 1. The van der Waals surface area contributed by atoms with Crippen molar-refractivity contribution in [2.45, 2.75) is 70.2 Å². The number of unbranched alkanes of at least 4 members (excludes halogenated alkanes) is 2. The van der Waals surface area contributed by atoms with Gasteiger partial charge in [-0.15, -0.1) is 6.58 Å². The molecule has 3 atom stereocenters. The Morgan fingerprint density at radius 3 is 2.33 bits per heavy atom. The standard InChI is InChI=1S/C42H50N4O5/c1-3-23-46(2)28-36-26-39(32-21-19-30(29-47)20-22-32)51-42(50-36)35-14-10-13-34(25-35)33-12-9-11-31(24-33)27-44-40(48)17-5-4-6-18-41(49)45-38-16-8-7-15-37(38)43/h3,7-16,19-22,24-25,36,39,42,47H,1,4-6,17-18,23,26-29,43H2,2H3,(H,44,48)(H,45,49)/t36-,39+,42+/m1/s1. The first-order valence-corrected chi connectivity index (χ1v) is 17.7. The Morgan fingerprint density at radius 1 is 0.863 bits per heavy atom. The third kappa shape index (κ3) is 11.4. The van der Waals surface area contributed by atoms with Crippen LogP contribution in [-0.4, -0.2) is 48.1 Å². The number of hydrogen-bond acceptors (Lipinski definition) is 7. The maximum Gasteiger partial charge on any atom is 0.224 e. The number of rotatable bonds is 17. The van der Waals surface area contributed by atoms with Crippen LogP contribution in [0.2, 0.25) is 0 Å². The van der Waals surface area contributed by atoms with Gasteiger partial charge in [0.05, 0.1) is 30.2 Å². The van der Waals surface area contributed by atoms with Gasteiger partial charge in [0.1, 0.15) is 0 Å². The van der Waals surface area contributed by atoms with Gasteiger partial charge in [-0.3, -0.25) is 9.59 Å². The van der Waals surface area contributed by atoms with E-state index in [1.165, 1.54) is 0 Å². The van der Waals surface area contributed by atoms with Crippen molar-refractivity contribution in [1.82, 2.24) is 10.2 Å². The molecule has 9 heteroatoms. The monoisotopic (exact) mass is 690 g/mol. The van der Waals surface area contributed by atoms with Crippen LogP contribution >= 0.6 is 0 Å². The Balaban J connectivity index is 1.14. The number of carbonyl (C=O) groups excluding carboxylic acids is 2. The number of anilines is 2. The minimum atomic E-state index is -0.553. The molecular weight excluding hydrogens is 640 g/mol. The largest absolute Gasteiger partial charge is 0.397 e. The fraction of sp³-hybridized carbons (Fsp3) is 0.333. The quantitative estimate of drug-likeness (QED) is 0.0521. The van der Waals surface area contributed by atoms with Gasteiger partial charge in [0.15, 0.2) is 6.29 Å². The Morgan fingerprint density at radius 2 is 1.59 bits per heavy atom. The summed E-state index contributed by atoms with van der Waals surface area (Å²) in [6.07, 6.45) is 4.84. The molecule has 0 radical (unpaired) electrons. The van der Waals surface area contributed by atoms with Gasteiger partial charge in [-0.25, -0.2) is 0 Å². The zero-order chi connectivity index (χ0) is 36.0. The predicted octanol–water partition coefficient (Wildman–Crippen LogP) is 7.30. The predicted molar refractivity (Wildman–Crippen MR) is 202 cm³/mol. The average molecular weight is 691 g/mol. The molecule has 51 heavy (non-hydrogen) atoms. The summed E-state index contributed by atoms with van der Waals surface area (Å²) in [5.41, 5.74) is 13.0. The summed E-state index contributed by atoms with van der Waals surface area (Å²) in [7, 11) is 2.06. The smallest absolute Gasteiger partial charge is 0.224 e. The molecule has 0 aliphatic carbocycles. The highest BCUT2D eigenvalue weighted by atomic mass is 16.7. The number of aliphatic hydroxyl groups is 1. The van der Waals surface area contributed by atoms with Crippen molar-refractivity contribution in [2.24, 2.45) is 0 Å². The lowest BCUT2D eigenvalue weighted by molar-refractivity contribution is -0.252. The first-order chi connectivity index (χ1) is 24.8. The summed E-state index contributed by atoms with van der Waals surface area (Å²) < 4.78 is 13.1. The number of nitrogens with two attached hydrogens (primary N) is 1. The Labute approximate surface area is 301 Å². The van der Waals surface area contributed by atoms with Crippen LogP contribution in [0.4, 0.5) is 11.4 Å². The summed E-state index contributed by atoms with van der Waals surface area (Å²) in [5, 5.41) is 15.4. The van der Waals surface area contributed by atoms with Crippen LogP contribution in [0.1, 0.15) is 73.2 Å². The van der Waals surface area contributed by atoms with E-state index in [2.05, 4.69) is 53.4 Å². The minimum absolute atomic E-state index is 0.00242. The van der Waals surface area contributed by atoms with Gasteiger partial charge in [-0.2, -0.15) is 0 Å². The van der Waals surface area contributed by atoms with E-state index in [-0.39, 0.29) is 30.6 Å². The van der Waals surface area contributed by atoms with Crippen molar-refractivity contribution in [3.8, 4) is 11.1 Å². The summed E-state index contributed by atoms with van der Waals surface area (Å²) >= 11 is 0. The van der Waals surface area contributed by atoms with E-state index < -0.39 is 6.29 Å².